The van der Waals surface area contributed by atoms with Crippen molar-refractivity contribution in [2.24, 2.45) is 11.8 Å². The first-order chi connectivity index (χ1) is 6.05. The van der Waals surface area contributed by atoms with Gasteiger partial charge in [0.2, 0.25) is 0 Å². The monoisotopic (exact) mass is 184 g/mol. The molecule has 0 saturated heterocycles. The van der Waals surface area contributed by atoms with Crippen molar-refractivity contribution in [2.45, 2.75) is 64.9 Å². The van der Waals surface area contributed by atoms with Crippen LogP contribution in [0.3, 0.4) is 0 Å². The first-order valence-electron chi connectivity index (χ1n) is 5.77. The minimum atomic E-state index is -0.440. The first kappa shape index (κ1) is 11.0. The van der Waals surface area contributed by atoms with E-state index < -0.39 is 5.60 Å². The van der Waals surface area contributed by atoms with Gasteiger partial charge in [-0.1, -0.05) is 39.5 Å². The van der Waals surface area contributed by atoms with E-state index in [0.29, 0.717) is 11.8 Å². The summed E-state index contributed by atoms with van der Waals surface area (Å²) in [5.74, 6) is 0.922. The van der Waals surface area contributed by atoms with Gasteiger partial charge >= 0.3 is 0 Å². The molecule has 0 bridgehead atoms. The van der Waals surface area contributed by atoms with Gasteiger partial charge < -0.3 is 5.11 Å². The molecule has 1 N–H and O–H groups in total. The summed E-state index contributed by atoms with van der Waals surface area (Å²) < 4.78 is 0. The summed E-state index contributed by atoms with van der Waals surface area (Å²) in [5.41, 5.74) is -0.440. The van der Waals surface area contributed by atoms with Gasteiger partial charge in [-0.15, -0.1) is 0 Å². The zero-order chi connectivity index (χ0) is 9.90. The average molecular weight is 184 g/mol. The Morgan fingerprint density at radius 2 is 1.54 bits per heavy atom. The van der Waals surface area contributed by atoms with E-state index in [0.717, 1.165) is 0 Å². The maximum atomic E-state index is 10.3. The summed E-state index contributed by atoms with van der Waals surface area (Å²) in [6.07, 6.45) is 7.81. The molecule has 0 amide bonds. The molecule has 1 saturated carbocycles. The molecule has 1 aliphatic rings. The molecule has 0 aromatic heterocycles. The molecule has 0 aromatic carbocycles. The lowest BCUT2D eigenvalue weighted by Gasteiger charge is -2.36. The molecule has 78 valence electrons. The molecule has 1 rings (SSSR count). The highest BCUT2D eigenvalue weighted by Gasteiger charge is 2.34. The van der Waals surface area contributed by atoms with E-state index in [4.69, 9.17) is 0 Å². The lowest BCUT2D eigenvalue weighted by Crippen LogP contribution is -2.39. The van der Waals surface area contributed by atoms with E-state index in [1.807, 2.05) is 6.92 Å². The normalized spacial score (nSPS) is 25.6. The summed E-state index contributed by atoms with van der Waals surface area (Å²) in [4.78, 5) is 0. The van der Waals surface area contributed by atoms with Crippen LogP contribution in [0.15, 0.2) is 0 Å². The number of hydrogen-bond donors (Lipinski definition) is 1. The van der Waals surface area contributed by atoms with E-state index in [-0.39, 0.29) is 0 Å². The van der Waals surface area contributed by atoms with Crippen molar-refractivity contribution in [2.75, 3.05) is 0 Å². The van der Waals surface area contributed by atoms with Crippen LogP contribution in [0.4, 0.5) is 0 Å². The van der Waals surface area contributed by atoms with Gasteiger partial charge in [0.25, 0.3) is 0 Å². The number of hydrogen-bond acceptors (Lipinski definition) is 1. The van der Waals surface area contributed by atoms with Crippen molar-refractivity contribution in [3.05, 3.63) is 0 Å². The molecule has 0 heterocycles. The third-order valence-corrected chi connectivity index (χ3v) is 3.85. The van der Waals surface area contributed by atoms with Crippen molar-refractivity contribution >= 4 is 0 Å². The lowest BCUT2D eigenvalue weighted by molar-refractivity contribution is -0.0472. The van der Waals surface area contributed by atoms with Gasteiger partial charge in [0.15, 0.2) is 0 Å². The van der Waals surface area contributed by atoms with Crippen molar-refractivity contribution in [1.29, 1.82) is 0 Å². The Morgan fingerprint density at radius 3 is 1.92 bits per heavy atom. The molecule has 0 aromatic rings. The minimum absolute atomic E-state index is 0.385. The van der Waals surface area contributed by atoms with Crippen molar-refractivity contribution < 1.29 is 5.11 Å². The van der Waals surface area contributed by atoms with E-state index >= 15 is 0 Å². The van der Waals surface area contributed by atoms with Crippen LogP contribution < -0.4 is 0 Å². The molecule has 13 heavy (non-hydrogen) atoms. The van der Waals surface area contributed by atoms with Crippen LogP contribution in [0.25, 0.3) is 0 Å². The van der Waals surface area contributed by atoms with Gasteiger partial charge in [-0.05, 0) is 31.6 Å². The van der Waals surface area contributed by atoms with Crippen molar-refractivity contribution in [3.8, 4) is 0 Å². The van der Waals surface area contributed by atoms with Crippen LogP contribution in [0, 0.1) is 11.8 Å². The summed E-state index contributed by atoms with van der Waals surface area (Å²) in [7, 11) is 0. The second kappa shape index (κ2) is 4.45. The molecule has 0 spiro atoms. The Hall–Kier alpha value is -0.0400. The quantitative estimate of drug-likeness (QED) is 0.652. The zero-order valence-corrected chi connectivity index (χ0v) is 9.34. The summed E-state index contributed by atoms with van der Waals surface area (Å²) in [6.45, 7) is 6.28. The predicted octanol–water partition coefficient (Wildman–Crippen LogP) is 3.36. The molecular weight excluding hydrogens is 160 g/mol. The molecule has 1 unspecified atom stereocenters. The Balaban J connectivity index is 2.57. The van der Waals surface area contributed by atoms with Crippen LogP contribution in [0.1, 0.15) is 59.3 Å². The summed E-state index contributed by atoms with van der Waals surface area (Å²) in [5, 5.41) is 10.3. The van der Waals surface area contributed by atoms with Crippen LogP contribution in [0.5, 0.6) is 0 Å². The van der Waals surface area contributed by atoms with Gasteiger partial charge in [0, 0.05) is 0 Å². The highest BCUT2D eigenvalue weighted by atomic mass is 16.3. The van der Waals surface area contributed by atoms with Crippen LogP contribution >= 0.6 is 0 Å². The highest BCUT2D eigenvalue weighted by molar-refractivity contribution is 4.85. The van der Waals surface area contributed by atoms with E-state index in [1.54, 1.807) is 0 Å². The molecule has 1 heteroatoms. The third-order valence-electron chi connectivity index (χ3n) is 3.85. The predicted molar refractivity (Wildman–Crippen MR) is 56.7 cm³/mol. The fraction of sp³-hybridized carbons (Fsp3) is 1.00. The molecule has 1 atom stereocenters. The molecule has 1 aliphatic carbocycles. The van der Waals surface area contributed by atoms with Gasteiger partial charge in [-0.3, -0.25) is 0 Å². The fourth-order valence-corrected chi connectivity index (χ4v) is 2.34. The first-order valence-corrected chi connectivity index (χ1v) is 5.77. The van der Waals surface area contributed by atoms with E-state index in [9.17, 15) is 5.11 Å². The maximum absolute atomic E-state index is 10.3. The fourth-order valence-electron chi connectivity index (χ4n) is 2.34. The molecule has 0 radical (unpaired) electrons. The largest absolute Gasteiger partial charge is 0.390 e. The van der Waals surface area contributed by atoms with E-state index in [2.05, 4.69) is 13.8 Å². The van der Waals surface area contributed by atoms with Gasteiger partial charge in [-0.25, -0.2) is 0 Å². The van der Waals surface area contributed by atoms with Gasteiger partial charge in [0.05, 0.1) is 5.60 Å². The summed E-state index contributed by atoms with van der Waals surface area (Å²) >= 11 is 0. The summed E-state index contributed by atoms with van der Waals surface area (Å²) in [6, 6.07) is 0. The van der Waals surface area contributed by atoms with Crippen LogP contribution in [-0.2, 0) is 0 Å². The van der Waals surface area contributed by atoms with E-state index in [1.165, 1.54) is 38.5 Å². The van der Waals surface area contributed by atoms with Crippen LogP contribution in [0.2, 0.25) is 0 Å². The molecule has 1 fully saturated rings. The van der Waals surface area contributed by atoms with Crippen molar-refractivity contribution in [1.82, 2.24) is 0 Å². The Morgan fingerprint density at radius 1 is 1.08 bits per heavy atom. The number of rotatable bonds is 2. The zero-order valence-electron chi connectivity index (χ0n) is 9.34. The Bertz CT molecular complexity index is 141. The molecular formula is C12H24O. The maximum Gasteiger partial charge on any atom is 0.0670 e. The van der Waals surface area contributed by atoms with Gasteiger partial charge in [-0.2, -0.15) is 0 Å². The molecule has 0 aliphatic heterocycles. The van der Waals surface area contributed by atoms with Gasteiger partial charge in [0.1, 0.15) is 0 Å². The SMILES string of the molecule is CC(C)C(C)(O)C1CCCCCC1. The van der Waals surface area contributed by atoms with Crippen LogP contribution in [-0.4, -0.2) is 10.7 Å². The minimum Gasteiger partial charge on any atom is -0.390 e. The highest BCUT2D eigenvalue weighted by Crippen LogP contribution is 2.35. The lowest BCUT2D eigenvalue weighted by atomic mass is 9.76. The Labute approximate surface area is 82.5 Å². The second-order valence-corrected chi connectivity index (χ2v) is 5.07. The van der Waals surface area contributed by atoms with Crippen molar-refractivity contribution in [3.63, 3.8) is 0 Å². The average Bonchev–Trinajstić information content (AvgIpc) is 2.31. The second-order valence-electron chi connectivity index (χ2n) is 5.07. The standard InChI is InChI=1S/C12H24O/c1-10(2)12(3,13)11-8-6-4-5-7-9-11/h10-11,13H,4-9H2,1-3H3. The smallest absolute Gasteiger partial charge is 0.0670 e. The third kappa shape index (κ3) is 2.70. The number of aliphatic hydroxyl groups is 1. The molecule has 1 nitrogen and oxygen atoms in total. The topological polar surface area (TPSA) is 20.2 Å². The Kier molecular flexibility index (Phi) is 3.78.